The molecule has 0 saturated carbocycles. The molecule has 0 unspecified atom stereocenters. The normalized spacial score (nSPS) is 10.9. The molecule has 2 rings (SSSR count). The molecule has 132 valence electrons. The van der Waals surface area contributed by atoms with Crippen molar-refractivity contribution in [2.24, 2.45) is 0 Å². The molecule has 0 fully saturated rings. The summed E-state index contributed by atoms with van der Waals surface area (Å²) in [6.45, 7) is -1.47. The molecule has 0 aromatic carbocycles. The summed E-state index contributed by atoms with van der Waals surface area (Å²) in [5, 5.41) is 2.48. The lowest BCUT2D eigenvalue weighted by atomic mass is 10.2. The summed E-state index contributed by atoms with van der Waals surface area (Å²) in [4.78, 5) is 30.9. The maximum absolute atomic E-state index is 12.1. The van der Waals surface area contributed by atoms with E-state index in [1.807, 2.05) is 0 Å². The van der Waals surface area contributed by atoms with Gasteiger partial charge in [-0.1, -0.05) is 0 Å². The second-order valence-corrected chi connectivity index (χ2v) is 4.70. The lowest BCUT2D eigenvalue weighted by Crippen LogP contribution is -2.19. The van der Waals surface area contributed by atoms with E-state index >= 15 is 0 Å². The maximum Gasteiger partial charge on any atom is 0.422 e. The van der Waals surface area contributed by atoms with Crippen LogP contribution in [0.4, 0.5) is 18.9 Å². The van der Waals surface area contributed by atoms with Crippen LogP contribution in [0.15, 0.2) is 36.8 Å². The number of pyridine rings is 2. The Kier molecular flexibility index (Phi) is 5.52. The topological polar surface area (TPSA) is 90.4 Å². The van der Waals surface area contributed by atoms with Gasteiger partial charge in [0.15, 0.2) is 6.61 Å². The Bertz CT molecular complexity index is 763. The van der Waals surface area contributed by atoms with E-state index in [-0.39, 0.29) is 22.7 Å². The van der Waals surface area contributed by atoms with E-state index in [1.165, 1.54) is 31.6 Å². The van der Waals surface area contributed by atoms with Crippen molar-refractivity contribution < 1.29 is 32.2 Å². The minimum atomic E-state index is -4.48. The fourth-order valence-electron chi connectivity index (χ4n) is 1.70. The van der Waals surface area contributed by atoms with Crippen LogP contribution in [0.3, 0.4) is 0 Å². The van der Waals surface area contributed by atoms with Gasteiger partial charge in [0.25, 0.3) is 5.91 Å². The molecule has 0 spiro atoms. The number of hydrogen-bond donors (Lipinski definition) is 1. The standard InChI is InChI=1S/C15H12F3N3O4/c1-24-14(23)10-4-11(7-19-5-10)21-13(22)9-2-3-12(20-6-9)25-8-15(16,17)18/h2-7H,8H2,1H3,(H,21,22). The number of carbonyl (C=O) groups excluding carboxylic acids is 2. The molecule has 0 radical (unpaired) electrons. The molecule has 0 atom stereocenters. The highest BCUT2D eigenvalue weighted by molar-refractivity contribution is 6.04. The Morgan fingerprint density at radius 1 is 1.16 bits per heavy atom. The molecule has 0 aliphatic heterocycles. The molecule has 0 saturated heterocycles. The highest BCUT2D eigenvalue weighted by atomic mass is 19.4. The quantitative estimate of drug-likeness (QED) is 0.829. The average molecular weight is 355 g/mol. The molecule has 1 N–H and O–H groups in total. The summed E-state index contributed by atoms with van der Waals surface area (Å²) in [7, 11) is 1.21. The van der Waals surface area contributed by atoms with Gasteiger partial charge in [0.1, 0.15) is 0 Å². The number of esters is 1. The zero-order valence-corrected chi connectivity index (χ0v) is 12.8. The first-order chi connectivity index (χ1) is 11.8. The van der Waals surface area contributed by atoms with Gasteiger partial charge in [-0.3, -0.25) is 9.78 Å². The van der Waals surface area contributed by atoms with Crippen LogP contribution in [0.25, 0.3) is 0 Å². The highest BCUT2D eigenvalue weighted by Crippen LogP contribution is 2.17. The van der Waals surface area contributed by atoms with E-state index in [4.69, 9.17) is 0 Å². The maximum atomic E-state index is 12.1. The predicted octanol–water partition coefficient (Wildman–Crippen LogP) is 2.46. The number of nitrogens with zero attached hydrogens (tertiary/aromatic N) is 2. The number of aromatic nitrogens is 2. The number of nitrogens with one attached hydrogen (secondary N) is 1. The molecule has 0 bridgehead atoms. The van der Waals surface area contributed by atoms with Crippen molar-refractivity contribution in [2.75, 3.05) is 19.0 Å². The van der Waals surface area contributed by atoms with Crippen molar-refractivity contribution >= 4 is 17.6 Å². The van der Waals surface area contributed by atoms with Gasteiger partial charge in [0.05, 0.1) is 30.1 Å². The molecule has 0 aliphatic rings. The predicted molar refractivity (Wildman–Crippen MR) is 79.3 cm³/mol. The monoisotopic (exact) mass is 355 g/mol. The molecule has 10 heteroatoms. The Labute approximate surface area is 139 Å². The van der Waals surface area contributed by atoms with E-state index in [1.54, 1.807) is 0 Å². The Hall–Kier alpha value is -3.17. The summed E-state index contributed by atoms with van der Waals surface area (Å²) in [5.41, 5.74) is 0.474. The number of carbonyl (C=O) groups is 2. The van der Waals surface area contributed by atoms with Crippen molar-refractivity contribution in [3.8, 4) is 5.88 Å². The van der Waals surface area contributed by atoms with Crippen LogP contribution in [0.1, 0.15) is 20.7 Å². The van der Waals surface area contributed by atoms with Gasteiger partial charge in [-0.05, 0) is 12.1 Å². The van der Waals surface area contributed by atoms with Gasteiger partial charge < -0.3 is 14.8 Å². The molecule has 2 aromatic heterocycles. The van der Waals surface area contributed by atoms with E-state index in [2.05, 4.69) is 24.8 Å². The Morgan fingerprint density at radius 3 is 2.52 bits per heavy atom. The van der Waals surface area contributed by atoms with Gasteiger partial charge in [-0.2, -0.15) is 13.2 Å². The third kappa shape index (κ3) is 5.44. The SMILES string of the molecule is COC(=O)c1cncc(NC(=O)c2ccc(OCC(F)(F)F)nc2)c1. The van der Waals surface area contributed by atoms with Crippen molar-refractivity contribution in [3.05, 3.63) is 47.9 Å². The number of methoxy groups -OCH3 is 1. The van der Waals surface area contributed by atoms with Gasteiger partial charge in [-0.25, -0.2) is 9.78 Å². The molecular weight excluding hydrogens is 343 g/mol. The molecular formula is C15H12F3N3O4. The number of amides is 1. The first-order valence-corrected chi connectivity index (χ1v) is 6.79. The number of ether oxygens (including phenoxy) is 2. The van der Waals surface area contributed by atoms with Gasteiger partial charge in [0.2, 0.25) is 5.88 Å². The molecule has 7 nitrogen and oxygen atoms in total. The molecule has 2 heterocycles. The van der Waals surface area contributed by atoms with Crippen LogP contribution in [0, 0.1) is 0 Å². The van der Waals surface area contributed by atoms with Crippen LogP contribution < -0.4 is 10.1 Å². The van der Waals surface area contributed by atoms with E-state index < -0.39 is 24.7 Å². The first kappa shape index (κ1) is 18.2. The summed E-state index contributed by atoms with van der Waals surface area (Å²) >= 11 is 0. The zero-order valence-electron chi connectivity index (χ0n) is 12.8. The number of halogens is 3. The minimum Gasteiger partial charge on any atom is -0.468 e. The summed E-state index contributed by atoms with van der Waals surface area (Å²) in [6, 6.07) is 3.76. The number of rotatable bonds is 5. The molecule has 2 aromatic rings. The fourth-order valence-corrected chi connectivity index (χ4v) is 1.70. The van der Waals surface area contributed by atoms with Crippen molar-refractivity contribution in [1.29, 1.82) is 0 Å². The average Bonchev–Trinajstić information content (AvgIpc) is 2.59. The number of hydrogen-bond acceptors (Lipinski definition) is 6. The zero-order chi connectivity index (χ0) is 18.4. The van der Waals surface area contributed by atoms with Crippen molar-refractivity contribution in [2.45, 2.75) is 6.18 Å². The summed E-state index contributed by atoms with van der Waals surface area (Å²) in [6.07, 6.45) is -0.817. The molecule has 25 heavy (non-hydrogen) atoms. The Balaban J connectivity index is 2.02. The van der Waals surface area contributed by atoms with Gasteiger partial charge in [0, 0.05) is 18.5 Å². The molecule has 0 aliphatic carbocycles. The van der Waals surface area contributed by atoms with Gasteiger partial charge in [-0.15, -0.1) is 0 Å². The van der Waals surface area contributed by atoms with E-state index in [0.29, 0.717) is 0 Å². The summed E-state index contributed by atoms with van der Waals surface area (Å²) in [5.74, 6) is -1.46. The third-order valence-electron chi connectivity index (χ3n) is 2.80. The number of alkyl halides is 3. The Morgan fingerprint density at radius 2 is 1.92 bits per heavy atom. The van der Waals surface area contributed by atoms with Crippen LogP contribution in [0.2, 0.25) is 0 Å². The van der Waals surface area contributed by atoms with Crippen molar-refractivity contribution in [1.82, 2.24) is 9.97 Å². The first-order valence-electron chi connectivity index (χ1n) is 6.79. The van der Waals surface area contributed by atoms with Crippen LogP contribution in [0.5, 0.6) is 5.88 Å². The second kappa shape index (κ2) is 7.60. The van der Waals surface area contributed by atoms with Crippen LogP contribution in [-0.4, -0.2) is 41.7 Å². The summed E-state index contributed by atoms with van der Waals surface area (Å²) < 4.78 is 45.1. The van der Waals surface area contributed by atoms with Crippen molar-refractivity contribution in [3.63, 3.8) is 0 Å². The minimum absolute atomic E-state index is 0.0860. The largest absolute Gasteiger partial charge is 0.468 e. The lowest BCUT2D eigenvalue weighted by molar-refractivity contribution is -0.154. The smallest absolute Gasteiger partial charge is 0.422 e. The van der Waals surface area contributed by atoms with E-state index in [9.17, 15) is 22.8 Å². The highest BCUT2D eigenvalue weighted by Gasteiger charge is 2.28. The van der Waals surface area contributed by atoms with Gasteiger partial charge >= 0.3 is 12.1 Å². The van der Waals surface area contributed by atoms with Crippen LogP contribution in [-0.2, 0) is 4.74 Å². The lowest BCUT2D eigenvalue weighted by Gasteiger charge is -2.09. The second-order valence-electron chi connectivity index (χ2n) is 4.70. The van der Waals surface area contributed by atoms with Crippen LogP contribution >= 0.6 is 0 Å². The third-order valence-corrected chi connectivity index (χ3v) is 2.80. The van der Waals surface area contributed by atoms with E-state index in [0.717, 1.165) is 12.3 Å². The molecule has 1 amide bonds. The fraction of sp³-hybridized carbons (Fsp3) is 0.200. The number of anilines is 1.